The highest BCUT2D eigenvalue weighted by Gasteiger charge is 2.19. The van der Waals surface area contributed by atoms with Crippen molar-refractivity contribution in [3.8, 4) is 11.3 Å². The molecule has 0 aromatic carbocycles. The Kier molecular flexibility index (Phi) is 3.82. The van der Waals surface area contributed by atoms with E-state index in [0.717, 1.165) is 46.4 Å². The molecule has 96 valence electrons. The number of thiophene rings is 1. The molecule has 1 fully saturated rings. The molecular formula is C13H15BrN2OS. The van der Waals surface area contributed by atoms with Gasteiger partial charge in [0.1, 0.15) is 0 Å². The van der Waals surface area contributed by atoms with Crippen molar-refractivity contribution in [3.05, 3.63) is 27.3 Å². The van der Waals surface area contributed by atoms with E-state index in [9.17, 15) is 0 Å². The van der Waals surface area contributed by atoms with Gasteiger partial charge in [0.2, 0.25) is 0 Å². The standard InChI is InChI=1S/C13H15BrN2OS/c14-12-6-9(8-18-12)11-7-16-13(17-11)2-1-5-15-10-3-4-10/h6-8,10,15H,1-5H2. The number of hydrogen-bond donors (Lipinski definition) is 1. The second kappa shape index (κ2) is 5.55. The normalized spacial score (nSPS) is 15.2. The summed E-state index contributed by atoms with van der Waals surface area (Å²) in [6.07, 6.45) is 6.50. The average molecular weight is 327 g/mol. The molecule has 0 aliphatic heterocycles. The maximum atomic E-state index is 5.75. The van der Waals surface area contributed by atoms with Crippen LogP contribution in [0.2, 0.25) is 0 Å². The fourth-order valence-electron chi connectivity index (χ4n) is 1.83. The van der Waals surface area contributed by atoms with Crippen LogP contribution in [0.3, 0.4) is 0 Å². The van der Waals surface area contributed by atoms with Crippen LogP contribution in [0.4, 0.5) is 0 Å². The minimum Gasteiger partial charge on any atom is -0.441 e. The van der Waals surface area contributed by atoms with Gasteiger partial charge in [0.25, 0.3) is 0 Å². The molecule has 0 saturated heterocycles. The average Bonchev–Trinajstić information content (AvgIpc) is 2.88. The van der Waals surface area contributed by atoms with E-state index in [0.29, 0.717) is 0 Å². The van der Waals surface area contributed by atoms with Gasteiger partial charge in [-0.1, -0.05) is 0 Å². The molecule has 18 heavy (non-hydrogen) atoms. The fourth-order valence-corrected chi connectivity index (χ4v) is 2.98. The van der Waals surface area contributed by atoms with Gasteiger partial charge >= 0.3 is 0 Å². The summed E-state index contributed by atoms with van der Waals surface area (Å²) in [7, 11) is 0. The summed E-state index contributed by atoms with van der Waals surface area (Å²) in [5.74, 6) is 1.70. The lowest BCUT2D eigenvalue weighted by molar-refractivity contribution is 0.491. The lowest BCUT2D eigenvalue weighted by Crippen LogP contribution is -2.17. The predicted molar refractivity (Wildman–Crippen MR) is 76.9 cm³/mol. The zero-order valence-corrected chi connectivity index (χ0v) is 12.4. The highest BCUT2D eigenvalue weighted by Crippen LogP contribution is 2.29. The minimum atomic E-state index is 0.785. The van der Waals surface area contributed by atoms with E-state index in [-0.39, 0.29) is 0 Å². The molecule has 2 aromatic heterocycles. The first-order chi connectivity index (χ1) is 8.81. The van der Waals surface area contributed by atoms with E-state index in [1.54, 1.807) is 11.3 Å². The van der Waals surface area contributed by atoms with Crippen molar-refractivity contribution in [1.29, 1.82) is 0 Å². The molecule has 1 saturated carbocycles. The molecule has 3 rings (SSSR count). The monoisotopic (exact) mass is 326 g/mol. The van der Waals surface area contributed by atoms with Gasteiger partial charge < -0.3 is 9.73 Å². The molecule has 0 atom stereocenters. The number of nitrogens with zero attached hydrogens (tertiary/aromatic N) is 1. The number of nitrogens with one attached hydrogen (secondary N) is 1. The van der Waals surface area contributed by atoms with E-state index < -0.39 is 0 Å². The summed E-state index contributed by atoms with van der Waals surface area (Å²) in [6.45, 7) is 1.06. The maximum Gasteiger partial charge on any atom is 0.194 e. The van der Waals surface area contributed by atoms with E-state index in [1.807, 2.05) is 6.20 Å². The molecule has 5 heteroatoms. The van der Waals surface area contributed by atoms with Crippen molar-refractivity contribution < 1.29 is 4.42 Å². The van der Waals surface area contributed by atoms with Gasteiger partial charge in [0.15, 0.2) is 11.7 Å². The smallest absolute Gasteiger partial charge is 0.194 e. The van der Waals surface area contributed by atoms with Crippen LogP contribution in [0.25, 0.3) is 11.3 Å². The Bertz CT molecular complexity index is 519. The summed E-state index contributed by atoms with van der Waals surface area (Å²) in [5, 5.41) is 5.57. The Morgan fingerprint density at radius 2 is 2.39 bits per heavy atom. The number of halogens is 1. The summed E-state index contributed by atoms with van der Waals surface area (Å²) in [6, 6.07) is 2.84. The van der Waals surface area contributed by atoms with Gasteiger partial charge in [-0.2, -0.15) is 0 Å². The van der Waals surface area contributed by atoms with E-state index in [2.05, 4.69) is 37.7 Å². The molecule has 1 aliphatic carbocycles. The number of hydrogen-bond acceptors (Lipinski definition) is 4. The van der Waals surface area contributed by atoms with Gasteiger partial charge in [-0.25, -0.2) is 4.98 Å². The molecule has 0 unspecified atom stereocenters. The van der Waals surface area contributed by atoms with Crippen LogP contribution in [0, 0.1) is 0 Å². The quantitative estimate of drug-likeness (QED) is 0.819. The summed E-state index contributed by atoms with van der Waals surface area (Å²) in [4.78, 5) is 4.33. The zero-order chi connectivity index (χ0) is 12.4. The predicted octanol–water partition coefficient (Wildman–Crippen LogP) is 3.85. The molecule has 2 heterocycles. The van der Waals surface area contributed by atoms with Crippen LogP contribution < -0.4 is 5.32 Å². The molecule has 0 radical (unpaired) electrons. The second-order valence-electron chi connectivity index (χ2n) is 4.59. The van der Waals surface area contributed by atoms with Crippen molar-refractivity contribution in [1.82, 2.24) is 10.3 Å². The van der Waals surface area contributed by atoms with Crippen LogP contribution in [0.5, 0.6) is 0 Å². The van der Waals surface area contributed by atoms with Crippen LogP contribution in [-0.4, -0.2) is 17.6 Å². The van der Waals surface area contributed by atoms with E-state index in [4.69, 9.17) is 4.42 Å². The van der Waals surface area contributed by atoms with Crippen molar-refractivity contribution in [2.45, 2.75) is 31.7 Å². The molecule has 1 aliphatic rings. The van der Waals surface area contributed by atoms with E-state index in [1.165, 1.54) is 12.8 Å². The summed E-state index contributed by atoms with van der Waals surface area (Å²) in [5.41, 5.74) is 1.10. The number of rotatable bonds is 6. The van der Waals surface area contributed by atoms with Crippen molar-refractivity contribution >= 4 is 27.3 Å². The lowest BCUT2D eigenvalue weighted by atomic mass is 10.3. The van der Waals surface area contributed by atoms with Crippen molar-refractivity contribution in [3.63, 3.8) is 0 Å². The zero-order valence-electron chi connectivity index (χ0n) is 9.99. The maximum absolute atomic E-state index is 5.75. The van der Waals surface area contributed by atoms with Gasteiger partial charge in [-0.15, -0.1) is 11.3 Å². The molecule has 2 aromatic rings. The third kappa shape index (κ3) is 3.22. The summed E-state index contributed by atoms with van der Waals surface area (Å²) < 4.78 is 6.87. The van der Waals surface area contributed by atoms with Crippen LogP contribution in [0.15, 0.2) is 25.8 Å². The lowest BCUT2D eigenvalue weighted by Gasteiger charge is -1.99. The van der Waals surface area contributed by atoms with Crippen molar-refractivity contribution in [2.24, 2.45) is 0 Å². The van der Waals surface area contributed by atoms with Crippen LogP contribution in [0.1, 0.15) is 25.2 Å². The Balaban J connectivity index is 1.52. The first-order valence-electron chi connectivity index (χ1n) is 6.24. The molecule has 0 spiro atoms. The molecule has 1 N–H and O–H groups in total. The Morgan fingerprint density at radius 1 is 1.50 bits per heavy atom. The Morgan fingerprint density at radius 3 is 3.11 bits per heavy atom. The first-order valence-corrected chi connectivity index (χ1v) is 7.91. The van der Waals surface area contributed by atoms with Gasteiger partial charge in [-0.05, 0) is 47.8 Å². The molecule has 0 bridgehead atoms. The molecular weight excluding hydrogens is 312 g/mol. The molecule has 3 nitrogen and oxygen atoms in total. The van der Waals surface area contributed by atoms with Gasteiger partial charge in [-0.3, -0.25) is 0 Å². The van der Waals surface area contributed by atoms with Gasteiger partial charge in [0, 0.05) is 23.4 Å². The second-order valence-corrected chi connectivity index (χ2v) is 6.88. The number of aromatic nitrogens is 1. The molecule has 0 amide bonds. The van der Waals surface area contributed by atoms with E-state index >= 15 is 0 Å². The third-order valence-corrected chi connectivity index (χ3v) is 4.49. The van der Waals surface area contributed by atoms with Crippen LogP contribution in [-0.2, 0) is 6.42 Å². The third-order valence-electron chi connectivity index (χ3n) is 2.98. The topological polar surface area (TPSA) is 38.1 Å². The van der Waals surface area contributed by atoms with Crippen molar-refractivity contribution in [2.75, 3.05) is 6.54 Å². The number of oxazole rings is 1. The highest BCUT2D eigenvalue weighted by molar-refractivity contribution is 9.11. The van der Waals surface area contributed by atoms with Gasteiger partial charge in [0.05, 0.1) is 9.98 Å². The summed E-state index contributed by atoms with van der Waals surface area (Å²) >= 11 is 5.11. The number of aryl methyl sites for hydroxylation is 1. The first kappa shape index (κ1) is 12.4. The highest BCUT2D eigenvalue weighted by atomic mass is 79.9. The fraction of sp³-hybridized carbons (Fsp3) is 0.462. The van der Waals surface area contributed by atoms with Crippen LogP contribution >= 0.6 is 27.3 Å². The Hall–Kier alpha value is -0.650. The SMILES string of the molecule is Brc1cc(-c2cnc(CCCNC3CC3)o2)cs1. The Labute approximate surface area is 119 Å². The minimum absolute atomic E-state index is 0.785. The largest absolute Gasteiger partial charge is 0.441 e.